The molecule has 0 unspecified atom stereocenters. The maximum absolute atomic E-state index is 14.7. The quantitative estimate of drug-likeness (QED) is 0.119. The molecule has 7 rings (SSSR count). The molecule has 3 aliphatic heterocycles. The second-order valence-corrected chi connectivity index (χ2v) is 20.9. The Morgan fingerprint density at radius 2 is 1.81 bits per heavy atom. The van der Waals surface area contributed by atoms with Crippen molar-refractivity contribution < 1.29 is 33.4 Å². The second kappa shape index (κ2) is 21.6. The Balaban J connectivity index is 1.21. The van der Waals surface area contributed by atoms with Gasteiger partial charge in [0.25, 0.3) is 11.8 Å². The van der Waals surface area contributed by atoms with Crippen molar-refractivity contribution in [1.82, 2.24) is 35.1 Å². The predicted molar refractivity (Wildman–Crippen MR) is 268 cm³/mol. The van der Waals surface area contributed by atoms with Gasteiger partial charge in [0, 0.05) is 67.8 Å². The standard InChI is InChI=1S/C55H73N7O7/c1-12-61-47-21-20-39-30-42(47)43(50(61)41-18-14-25-56-49(41)36(4)67-11)31-54(5,6)34-69-53(66)45-19-15-26-62(58-45)52(65)46(29-37-16-13-17-38(39)28-37)57-51(64)44(35(2)3)33-68-40-23-27-60(32-40)48(63)22-24-55(7,8)59(9)10/h13-14,16-18,20-21,25,28,30,35-36,40,44-46,58H,12,15,19,23,26-27,29,31-34H2,1-11H3,(H,57,64)/t36-,40+,44-,45-,46-/m0/s1. The van der Waals surface area contributed by atoms with Gasteiger partial charge in [-0.25, -0.2) is 5.43 Å². The third kappa shape index (κ3) is 11.7. The molecule has 69 heavy (non-hydrogen) atoms. The summed E-state index contributed by atoms with van der Waals surface area (Å²) in [5, 5.41) is 5.72. The lowest BCUT2D eigenvalue weighted by molar-refractivity contribution is -0.155. The fourth-order valence-electron chi connectivity index (χ4n) is 9.52. The lowest BCUT2D eigenvalue weighted by atomic mass is 9.84. The van der Waals surface area contributed by atoms with Crippen molar-refractivity contribution in [3.8, 4) is 34.2 Å². The first-order chi connectivity index (χ1) is 32.8. The molecule has 2 aromatic carbocycles. The Labute approximate surface area is 408 Å². The lowest BCUT2D eigenvalue weighted by Gasteiger charge is -2.36. The highest BCUT2D eigenvalue weighted by Gasteiger charge is 2.37. The summed E-state index contributed by atoms with van der Waals surface area (Å²) in [6.07, 6.45) is 3.84. The number of aryl methyl sites for hydroxylation is 1. The summed E-state index contributed by atoms with van der Waals surface area (Å²) in [7, 11) is 5.55. The molecule has 3 amide bonds. The SMILES string of the molecule is CCn1c(-c2cccnc2[C@H](C)OC)c2c3cc(ccc31)-c1cccc(c1)C[C@H](NC(=O)[C@@H](CO[C@@H]1CCN(C(=O)C#CC(C)(C)N(C)C)C1)C(C)C)C(=O)N1CCC[C@H](N1)C(=O)OCC(C)(C)C2. The monoisotopic (exact) mass is 944 g/mol. The Kier molecular flexibility index (Phi) is 16.0. The zero-order valence-corrected chi connectivity index (χ0v) is 42.6. The van der Waals surface area contributed by atoms with Crippen molar-refractivity contribution >= 4 is 34.6 Å². The Morgan fingerprint density at radius 3 is 2.54 bits per heavy atom. The molecule has 0 spiro atoms. The topological polar surface area (TPSA) is 148 Å². The molecule has 4 aromatic rings. The molecule has 14 nitrogen and oxygen atoms in total. The van der Waals surface area contributed by atoms with Crippen LogP contribution >= 0.6 is 0 Å². The number of aromatic nitrogens is 2. The number of ether oxygens (including phenoxy) is 3. The molecular weight excluding hydrogens is 871 g/mol. The summed E-state index contributed by atoms with van der Waals surface area (Å²) in [6.45, 7) is 18.5. The molecule has 14 heteroatoms. The zero-order valence-electron chi connectivity index (χ0n) is 42.6. The molecule has 3 aliphatic rings. The second-order valence-electron chi connectivity index (χ2n) is 20.9. The Hall–Kier alpha value is -5.59. The molecular formula is C55H73N7O7. The molecule has 0 aliphatic carbocycles. The molecule has 2 saturated heterocycles. The molecule has 5 atom stereocenters. The smallest absolute Gasteiger partial charge is 0.324 e. The number of methoxy groups -OCH3 is 1. The summed E-state index contributed by atoms with van der Waals surface area (Å²) in [4.78, 5) is 64.6. The van der Waals surface area contributed by atoms with Gasteiger partial charge >= 0.3 is 5.97 Å². The molecule has 5 heterocycles. The van der Waals surface area contributed by atoms with Crippen LogP contribution in [0.1, 0.15) is 97.6 Å². The van der Waals surface area contributed by atoms with Gasteiger partial charge in [0.15, 0.2) is 0 Å². The molecule has 2 fully saturated rings. The molecule has 0 radical (unpaired) electrons. The zero-order chi connectivity index (χ0) is 49.8. The fourth-order valence-corrected chi connectivity index (χ4v) is 9.52. The maximum Gasteiger partial charge on any atom is 0.324 e. The van der Waals surface area contributed by atoms with Crippen LogP contribution in [0.2, 0.25) is 0 Å². The summed E-state index contributed by atoms with van der Waals surface area (Å²) in [5.74, 6) is 3.89. The van der Waals surface area contributed by atoms with Crippen LogP contribution < -0.4 is 10.7 Å². The van der Waals surface area contributed by atoms with Gasteiger partial charge in [0.2, 0.25) is 5.91 Å². The normalized spacial score (nSPS) is 20.9. The van der Waals surface area contributed by atoms with E-state index >= 15 is 0 Å². The third-order valence-corrected chi connectivity index (χ3v) is 14.3. The molecule has 0 saturated carbocycles. The summed E-state index contributed by atoms with van der Waals surface area (Å²) in [6, 6.07) is 17.1. The van der Waals surface area contributed by atoms with E-state index in [0.717, 1.165) is 50.1 Å². The van der Waals surface area contributed by atoms with E-state index in [1.54, 1.807) is 18.2 Å². The van der Waals surface area contributed by atoms with Gasteiger partial charge in [0.05, 0.1) is 48.3 Å². The van der Waals surface area contributed by atoms with Gasteiger partial charge in [-0.05, 0) is 126 Å². The minimum atomic E-state index is -0.961. The number of pyridine rings is 1. The Bertz CT molecular complexity index is 2590. The molecule has 2 N–H and O–H groups in total. The number of nitrogens with one attached hydrogen (secondary N) is 2. The van der Waals surface area contributed by atoms with Crippen LogP contribution in [-0.2, 0) is 52.8 Å². The Morgan fingerprint density at radius 1 is 1.04 bits per heavy atom. The van der Waals surface area contributed by atoms with E-state index in [1.165, 1.54) is 5.01 Å². The van der Waals surface area contributed by atoms with Crippen LogP contribution in [0.3, 0.4) is 0 Å². The van der Waals surface area contributed by atoms with E-state index in [4.69, 9.17) is 19.2 Å². The highest BCUT2D eigenvalue weighted by Crippen LogP contribution is 2.42. The van der Waals surface area contributed by atoms with Crippen molar-refractivity contribution in [2.24, 2.45) is 17.3 Å². The number of amides is 3. The number of hydrogen-bond acceptors (Lipinski definition) is 10. The van der Waals surface area contributed by atoms with Gasteiger partial charge < -0.3 is 29.0 Å². The number of cyclic esters (lactones) is 1. The third-order valence-electron chi connectivity index (χ3n) is 14.3. The maximum atomic E-state index is 14.7. The van der Waals surface area contributed by atoms with Crippen LogP contribution in [-0.4, -0.2) is 126 Å². The fraction of sp³-hybridized carbons (Fsp3) is 0.545. The largest absolute Gasteiger partial charge is 0.464 e. The van der Waals surface area contributed by atoms with Gasteiger partial charge in [-0.1, -0.05) is 63.9 Å². The van der Waals surface area contributed by atoms with Crippen molar-refractivity contribution in [3.63, 3.8) is 0 Å². The van der Waals surface area contributed by atoms with E-state index < -0.39 is 34.9 Å². The van der Waals surface area contributed by atoms with Gasteiger partial charge in [0.1, 0.15) is 12.1 Å². The first-order valence-electron chi connectivity index (χ1n) is 24.7. The number of rotatable bonds is 11. The van der Waals surface area contributed by atoms with E-state index in [9.17, 15) is 19.2 Å². The first kappa shape index (κ1) is 51.3. The van der Waals surface area contributed by atoms with Crippen molar-refractivity contribution in [3.05, 3.63) is 77.6 Å². The predicted octanol–water partition coefficient (Wildman–Crippen LogP) is 6.98. The van der Waals surface area contributed by atoms with E-state index in [1.807, 2.05) is 71.8 Å². The molecule has 6 bridgehead atoms. The highest BCUT2D eigenvalue weighted by molar-refractivity contribution is 5.96. The summed E-state index contributed by atoms with van der Waals surface area (Å²) < 4.78 is 20.7. The first-order valence-corrected chi connectivity index (χ1v) is 24.7. The summed E-state index contributed by atoms with van der Waals surface area (Å²) >= 11 is 0. The minimum Gasteiger partial charge on any atom is -0.464 e. The number of carbonyl (C=O) groups excluding carboxylic acids is 4. The van der Waals surface area contributed by atoms with Crippen molar-refractivity contribution in [2.45, 2.75) is 124 Å². The van der Waals surface area contributed by atoms with Gasteiger partial charge in [-0.15, -0.1) is 0 Å². The van der Waals surface area contributed by atoms with Crippen molar-refractivity contribution in [1.29, 1.82) is 0 Å². The molecule has 2 aromatic heterocycles. The number of nitrogens with zero attached hydrogens (tertiary/aromatic N) is 5. The van der Waals surface area contributed by atoms with Crippen LogP contribution in [0.15, 0.2) is 60.8 Å². The number of carbonyl (C=O) groups is 4. The lowest BCUT2D eigenvalue weighted by Crippen LogP contribution is -2.61. The number of fused-ring (bicyclic) bond motifs is 6. The van der Waals surface area contributed by atoms with Crippen LogP contribution in [0.4, 0.5) is 0 Å². The van der Waals surface area contributed by atoms with Gasteiger partial charge in [-0.3, -0.25) is 34.1 Å². The van der Waals surface area contributed by atoms with Gasteiger partial charge in [-0.2, -0.15) is 0 Å². The van der Waals surface area contributed by atoms with E-state index in [2.05, 4.69) is 84.3 Å². The van der Waals surface area contributed by atoms with Crippen LogP contribution in [0.5, 0.6) is 0 Å². The minimum absolute atomic E-state index is 0.117. The van der Waals surface area contributed by atoms with Crippen LogP contribution in [0, 0.1) is 29.1 Å². The highest BCUT2D eigenvalue weighted by atomic mass is 16.5. The number of hydrogen-bond donors (Lipinski definition) is 2. The summed E-state index contributed by atoms with van der Waals surface area (Å²) in [5.41, 5.74) is 10.2. The van der Waals surface area contributed by atoms with Crippen LogP contribution in [0.25, 0.3) is 33.3 Å². The molecule has 370 valence electrons. The number of esters is 1. The average Bonchev–Trinajstić information content (AvgIpc) is 3.93. The van der Waals surface area contributed by atoms with E-state index in [-0.39, 0.29) is 55.5 Å². The van der Waals surface area contributed by atoms with E-state index in [0.29, 0.717) is 51.9 Å². The average molecular weight is 944 g/mol. The van der Waals surface area contributed by atoms with Crippen molar-refractivity contribution in [2.75, 3.05) is 54.1 Å². The number of benzene rings is 2. The number of likely N-dealkylation sites (tertiary alicyclic amines) is 1. The number of hydrazine groups is 1.